The molecular formula is C20H24Cl2O4. The second-order valence-electron chi connectivity index (χ2n) is 6.54. The molecule has 0 radical (unpaired) electrons. The predicted molar refractivity (Wildman–Crippen MR) is 103 cm³/mol. The van der Waals surface area contributed by atoms with E-state index in [1.54, 1.807) is 0 Å². The lowest BCUT2D eigenvalue weighted by Crippen LogP contribution is -2.05. The lowest BCUT2D eigenvalue weighted by atomic mass is 10.0. The fraction of sp³-hybridized carbons (Fsp3) is 0.500. The highest BCUT2D eigenvalue weighted by molar-refractivity contribution is 6.42. The van der Waals surface area contributed by atoms with Crippen molar-refractivity contribution >= 4 is 35.0 Å². The summed E-state index contributed by atoms with van der Waals surface area (Å²) in [7, 11) is 0. The van der Waals surface area contributed by atoms with Crippen LogP contribution in [0.25, 0.3) is 0 Å². The molecule has 0 aromatic heterocycles. The maximum Gasteiger partial charge on any atom is 0.345 e. The largest absolute Gasteiger partial charge is 0.511 e. The number of hydrogen-bond donors (Lipinski definition) is 1. The summed E-state index contributed by atoms with van der Waals surface area (Å²) in [5.41, 5.74) is 1.05. The van der Waals surface area contributed by atoms with Gasteiger partial charge in [-0.15, -0.1) is 0 Å². The van der Waals surface area contributed by atoms with Crippen LogP contribution < -0.4 is 0 Å². The first-order valence-electron chi connectivity index (χ1n) is 9.05. The fourth-order valence-corrected chi connectivity index (χ4v) is 3.31. The van der Waals surface area contributed by atoms with Crippen LogP contribution in [0.1, 0.15) is 56.9 Å². The van der Waals surface area contributed by atoms with Crippen LogP contribution in [0, 0.1) is 0 Å². The van der Waals surface area contributed by atoms with Gasteiger partial charge in [0.25, 0.3) is 0 Å². The number of unbranched alkanes of at least 4 members (excludes halogenated alkanes) is 6. The SMILES string of the molecule is O=C1COC(=O)C1=C(O)CCCCCCCCCc1ccc(Cl)c(Cl)c1. The number of ketones is 1. The first-order chi connectivity index (χ1) is 12.5. The zero-order chi connectivity index (χ0) is 18.9. The number of esters is 1. The molecule has 4 nitrogen and oxygen atoms in total. The summed E-state index contributed by atoms with van der Waals surface area (Å²) in [6.45, 7) is -0.250. The average molecular weight is 399 g/mol. The zero-order valence-electron chi connectivity index (χ0n) is 14.7. The minimum absolute atomic E-state index is 0.126. The number of halogens is 2. The molecule has 1 aliphatic heterocycles. The maximum absolute atomic E-state index is 11.4. The van der Waals surface area contributed by atoms with Crippen LogP contribution in [0.2, 0.25) is 10.0 Å². The monoisotopic (exact) mass is 398 g/mol. The highest BCUT2D eigenvalue weighted by atomic mass is 35.5. The molecule has 0 bridgehead atoms. The van der Waals surface area contributed by atoms with Crippen LogP contribution >= 0.6 is 23.2 Å². The topological polar surface area (TPSA) is 63.6 Å². The molecule has 0 saturated carbocycles. The van der Waals surface area contributed by atoms with E-state index >= 15 is 0 Å². The van der Waals surface area contributed by atoms with Crippen molar-refractivity contribution in [2.24, 2.45) is 0 Å². The van der Waals surface area contributed by atoms with Crippen LogP contribution in [0.15, 0.2) is 29.5 Å². The van der Waals surface area contributed by atoms with Crippen LogP contribution in [-0.4, -0.2) is 23.5 Å². The molecule has 1 heterocycles. The van der Waals surface area contributed by atoms with Crippen LogP contribution in [-0.2, 0) is 20.7 Å². The number of cyclic esters (lactones) is 1. The maximum atomic E-state index is 11.4. The first kappa shape index (κ1) is 20.8. The molecule has 0 amide bonds. The van der Waals surface area contributed by atoms with E-state index in [0.717, 1.165) is 44.9 Å². The van der Waals surface area contributed by atoms with Crippen LogP contribution in [0.3, 0.4) is 0 Å². The molecule has 0 atom stereocenters. The molecule has 6 heteroatoms. The Balaban J connectivity index is 1.52. The normalized spacial score (nSPS) is 16.1. The van der Waals surface area contributed by atoms with Crippen LogP contribution in [0.5, 0.6) is 0 Å². The molecule has 142 valence electrons. The Morgan fingerprint density at radius 2 is 1.62 bits per heavy atom. The van der Waals surface area contributed by atoms with E-state index in [9.17, 15) is 14.7 Å². The van der Waals surface area contributed by atoms with Crippen molar-refractivity contribution in [1.29, 1.82) is 0 Å². The highest BCUT2D eigenvalue weighted by Gasteiger charge is 2.31. The van der Waals surface area contributed by atoms with Gasteiger partial charge in [0.1, 0.15) is 11.3 Å². The number of aliphatic hydroxyl groups is 1. The molecule has 1 aliphatic rings. The second kappa shape index (κ2) is 10.6. The van der Waals surface area contributed by atoms with E-state index in [0.29, 0.717) is 16.5 Å². The Kier molecular flexibility index (Phi) is 8.46. The fourth-order valence-electron chi connectivity index (χ4n) is 2.99. The summed E-state index contributed by atoms with van der Waals surface area (Å²) in [4.78, 5) is 22.7. The third-order valence-corrected chi connectivity index (χ3v) is 5.21. The minimum Gasteiger partial charge on any atom is -0.511 e. The number of rotatable bonds is 10. The number of hydrogen-bond acceptors (Lipinski definition) is 4. The smallest absolute Gasteiger partial charge is 0.345 e. The van der Waals surface area contributed by atoms with Crippen molar-refractivity contribution in [3.63, 3.8) is 0 Å². The number of benzene rings is 1. The molecule has 1 N–H and O–H groups in total. The summed E-state index contributed by atoms with van der Waals surface area (Å²) in [5.74, 6) is -1.25. The van der Waals surface area contributed by atoms with Gasteiger partial charge in [0.15, 0.2) is 6.61 Å². The van der Waals surface area contributed by atoms with Gasteiger partial charge in [-0.05, 0) is 37.0 Å². The van der Waals surface area contributed by atoms with Crippen molar-refractivity contribution in [1.82, 2.24) is 0 Å². The standard InChI is InChI=1S/C20H24Cl2O4/c21-15-11-10-14(12-16(15)22)8-6-4-2-1-3-5-7-9-17(23)19-18(24)13-26-20(19)25/h10-12,23H,1-9,13H2. The molecule has 2 rings (SSSR count). The number of ether oxygens (including phenoxy) is 1. The summed E-state index contributed by atoms with van der Waals surface area (Å²) in [5, 5.41) is 11.0. The van der Waals surface area contributed by atoms with E-state index in [1.165, 1.54) is 12.0 Å². The number of Topliss-reactive ketones (excluding diaryl/α,β-unsaturated/α-hetero) is 1. The summed E-state index contributed by atoms with van der Waals surface area (Å²) < 4.78 is 4.61. The van der Waals surface area contributed by atoms with Gasteiger partial charge in [-0.3, -0.25) is 4.79 Å². The molecule has 1 fully saturated rings. The average Bonchev–Trinajstić information content (AvgIpc) is 2.95. The molecular weight excluding hydrogens is 375 g/mol. The van der Waals surface area contributed by atoms with Crippen molar-refractivity contribution < 1.29 is 19.4 Å². The molecule has 1 aromatic carbocycles. The number of aryl methyl sites for hydroxylation is 1. The van der Waals surface area contributed by atoms with Gasteiger partial charge in [0, 0.05) is 6.42 Å². The van der Waals surface area contributed by atoms with E-state index in [1.807, 2.05) is 18.2 Å². The molecule has 1 saturated heterocycles. The van der Waals surface area contributed by atoms with Gasteiger partial charge in [0.05, 0.1) is 10.0 Å². The Bertz CT molecular complexity index is 664. The van der Waals surface area contributed by atoms with E-state index in [-0.39, 0.29) is 17.9 Å². The number of allylic oxidation sites excluding steroid dienone is 1. The van der Waals surface area contributed by atoms with Gasteiger partial charge in [-0.25, -0.2) is 4.79 Å². The van der Waals surface area contributed by atoms with Gasteiger partial charge in [-0.1, -0.05) is 61.4 Å². The van der Waals surface area contributed by atoms with Crippen molar-refractivity contribution in [2.75, 3.05) is 6.61 Å². The van der Waals surface area contributed by atoms with Crippen molar-refractivity contribution in [3.05, 3.63) is 45.1 Å². The lowest BCUT2D eigenvalue weighted by Gasteiger charge is -2.05. The van der Waals surface area contributed by atoms with Gasteiger partial charge in [0.2, 0.25) is 5.78 Å². The Morgan fingerprint density at radius 1 is 0.962 bits per heavy atom. The van der Waals surface area contributed by atoms with Gasteiger partial charge < -0.3 is 9.84 Å². The van der Waals surface area contributed by atoms with Gasteiger partial charge >= 0.3 is 5.97 Å². The summed E-state index contributed by atoms with van der Waals surface area (Å²) in [6.07, 6.45) is 8.75. The number of carbonyl (C=O) groups excluding carboxylic acids is 2. The Hall–Kier alpha value is -1.52. The molecule has 0 aliphatic carbocycles. The predicted octanol–water partition coefficient (Wildman–Crippen LogP) is 5.59. The Morgan fingerprint density at radius 3 is 2.23 bits per heavy atom. The lowest BCUT2D eigenvalue weighted by molar-refractivity contribution is -0.135. The molecule has 0 unspecified atom stereocenters. The van der Waals surface area contributed by atoms with E-state index < -0.39 is 11.8 Å². The quantitative estimate of drug-likeness (QED) is 0.183. The Labute approximate surface area is 164 Å². The third-order valence-electron chi connectivity index (χ3n) is 4.47. The number of aliphatic hydroxyl groups excluding tert-OH is 1. The minimum atomic E-state index is -0.700. The second-order valence-corrected chi connectivity index (χ2v) is 7.36. The molecule has 26 heavy (non-hydrogen) atoms. The molecule has 1 aromatic rings. The first-order valence-corrected chi connectivity index (χ1v) is 9.81. The van der Waals surface area contributed by atoms with E-state index in [4.69, 9.17) is 23.2 Å². The van der Waals surface area contributed by atoms with Crippen molar-refractivity contribution in [3.8, 4) is 0 Å². The van der Waals surface area contributed by atoms with Crippen molar-refractivity contribution in [2.45, 2.75) is 57.8 Å². The van der Waals surface area contributed by atoms with Crippen LogP contribution in [0.4, 0.5) is 0 Å². The zero-order valence-corrected chi connectivity index (χ0v) is 16.2. The third kappa shape index (κ3) is 6.33. The van der Waals surface area contributed by atoms with E-state index in [2.05, 4.69) is 4.74 Å². The summed E-state index contributed by atoms with van der Waals surface area (Å²) in [6, 6.07) is 5.78. The van der Waals surface area contributed by atoms with Gasteiger partial charge in [-0.2, -0.15) is 0 Å². The molecule has 0 spiro atoms. The highest BCUT2D eigenvalue weighted by Crippen LogP contribution is 2.23. The summed E-state index contributed by atoms with van der Waals surface area (Å²) >= 11 is 11.9. The number of carbonyl (C=O) groups is 2.